The molecule has 0 radical (unpaired) electrons. The summed E-state index contributed by atoms with van der Waals surface area (Å²) in [6, 6.07) is 7.68. The number of aromatic nitrogens is 1. The van der Waals surface area contributed by atoms with Gasteiger partial charge in [0.15, 0.2) is 0 Å². The average molecular weight is 288 g/mol. The van der Waals surface area contributed by atoms with E-state index in [1.807, 2.05) is 41.1 Å². The molecule has 2 N–H and O–H groups in total. The molecule has 0 saturated heterocycles. The Kier molecular flexibility index (Phi) is 5.37. The molecule has 21 heavy (non-hydrogen) atoms. The number of unbranched alkanes of at least 4 members (excludes halogenated alkanes) is 3. The lowest BCUT2D eigenvalue weighted by molar-refractivity contribution is -0.137. The standard InChI is InChI=1S/C16H20N2O3/c19-15(20)8-3-1-2-5-9-17-16(21)13-11-14-7-4-6-10-18(14)12-13/h4,6-7,10-12H,1-3,5,8-9H2,(H,17,21)(H,19,20). The van der Waals surface area contributed by atoms with Crippen molar-refractivity contribution in [3.63, 3.8) is 0 Å². The van der Waals surface area contributed by atoms with Crippen LogP contribution in [0, 0.1) is 0 Å². The second-order valence-electron chi connectivity index (χ2n) is 5.08. The Hall–Kier alpha value is -2.30. The Morgan fingerprint density at radius 2 is 1.95 bits per heavy atom. The number of aliphatic carboxylic acids is 1. The minimum atomic E-state index is -0.746. The number of carbonyl (C=O) groups is 2. The molecule has 2 aromatic rings. The monoisotopic (exact) mass is 288 g/mol. The van der Waals surface area contributed by atoms with Crippen molar-refractivity contribution >= 4 is 17.4 Å². The number of pyridine rings is 1. The van der Waals surface area contributed by atoms with Gasteiger partial charge in [-0.3, -0.25) is 9.59 Å². The van der Waals surface area contributed by atoms with Crippen molar-refractivity contribution in [2.75, 3.05) is 6.54 Å². The Balaban J connectivity index is 1.69. The zero-order valence-electron chi connectivity index (χ0n) is 11.9. The van der Waals surface area contributed by atoms with Crippen LogP contribution in [0.2, 0.25) is 0 Å². The van der Waals surface area contributed by atoms with Crippen LogP contribution in [0.3, 0.4) is 0 Å². The molecule has 0 saturated carbocycles. The third-order valence-corrected chi connectivity index (χ3v) is 3.37. The van der Waals surface area contributed by atoms with Crippen LogP contribution in [0.5, 0.6) is 0 Å². The van der Waals surface area contributed by atoms with Gasteiger partial charge in [0.1, 0.15) is 0 Å². The van der Waals surface area contributed by atoms with E-state index in [2.05, 4.69) is 5.32 Å². The second kappa shape index (κ2) is 7.47. The predicted molar refractivity (Wildman–Crippen MR) is 80.5 cm³/mol. The van der Waals surface area contributed by atoms with Gasteiger partial charge in [-0.05, 0) is 31.0 Å². The van der Waals surface area contributed by atoms with Crippen molar-refractivity contribution in [1.82, 2.24) is 9.72 Å². The predicted octanol–water partition coefficient (Wildman–Crippen LogP) is 2.70. The smallest absolute Gasteiger partial charge is 0.303 e. The van der Waals surface area contributed by atoms with Crippen LogP contribution >= 0.6 is 0 Å². The highest BCUT2D eigenvalue weighted by molar-refractivity contribution is 5.95. The molecule has 1 amide bonds. The number of carboxylic acid groups (broad SMARTS) is 1. The maximum atomic E-state index is 12.0. The van der Waals surface area contributed by atoms with Gasteiger partial charge in [-0.2, -0.15) is 0 Å². The summed E-state index contributed by atoms with van der Waals surface area (Å²) < 4.78 is 1.92. The van der Waals surface area contributed by atoms with Crippen molar-refractivity contribution in [1.29, 1.82) is 0 Å². The van der Waals surface area contributed by atoms with Crippen LogP contribution in [0.1, 0.15) is 42.5 Å². The van der Waals surface area contributed by atoms with Crippen molar-refractivity contribution in [3.05, 3.63) is 42.2 Å². The summed E-state index contributed by atoms with van der Waals surface area (Å²) in [7, 11) is 0. The summed E-state index contributed by atoms with van der Waals surface area (Å²) in [6.45, 7) is 0.623. The van der Waals surface area contributed by atoms with Gasteiger partial charge >= 0.3 is 5.97 Å². The minimum absolute atomic E-state index is 0.0655. The van der Waals surface area contributed by atoms with E-state index >= 15 is 0 Å². The maximum Gasteiger partial charge on any atom is 0.303 e. The number of nitrogens with zero attached hydrogens (tertiary/aromatic N) is 1. The van der Waals surface area contributed by atoms with E-state index in [-0.39, 0.29) is 12.3 Å². The summed E-state index contributed by atoms with van der Waals surface area (Å²) in [5, 5.41) is 11.4. The van der Waals surface area contributed by atoms with Gasteiger partial charge < -0.3 is 14.8 Å². The fraction of sp³-hybridized carbons (Fsp3) is 0.375. The zero-order chi connectivity index (χ0) is 15.1. The average Bonchev–Trinajstić information content (AvgIpc) is 2.89. The van der Waals surface area contributed by atoms with Gasteiger partial charge in [0.2, 0.25) is 0 Å². The van der Waals surface area contributed by atoms with E-state index in [9.17, 15) is 9.59 Å². The summed E-state index contributed by atoms with van der Waals surface area (Å²) >= 11 is 0. The quantitative estimate of drug-likeness (QED) is 0.734. The molecule has 2 rings (SSSR count). The highest BCUT2D eigenvalue weighted by Gasteiger charge is 2.07. The highest BCUT2D eigenvalue weighted by atomic mass is 16.4. The van der Waals surface area contributed by atoms with Crippen LogP contribution in [-0.4, -0.2) is 27.9 Å². The molecule has 0 aliphatic rings. The van der Waals surface area contributed by atoms with Gasteiger partial charge in [-0.25, -0.2) is 0 Å². The number of carboxylic acids is 1. The third-order valence-electron chi connectivity index (χ3n) is 3.37. The van der Waals surface area contributed by atoms with E-state index < -0.39 is 5.97 Å². The Bertz CT molecular complexity index is 586. The van der Waals surface area contributed by atoms with Crippen molar-refractivity contribution in [2.24, 2.45) is 0 Å². The van der Waals surface area contributed by atoms with Gasteiger partial charge in [0, 0.05) is 30.9 Å². The first-order valence-corrected chi connectivity index (χ1v) is 7.23. The normalized spacial score (nSPS) is 10.7. The summed E-state index contributed by atoms with van der Waals surface area (Å²) in [4.78, 5) is 22.3. The van der Waals surface area contributed by atoms with Crippen molar-refractivity contribution < 1.29 is 14.7 Å². The van der Waals surface area contributed by atoms with E-state index in [1.165, 1.54) is 0 Å². The van der Waals surface area contributed by atoms with Crippen LogP contribution in [0.4, 0.5) is 0 Å². The zero-order valence-corrected chi connectivity index (χ0v) is 11.9. The van der Waals surface area contributed by atoms with Crippen LogP contribution in [0.25, 0.3) is 5.52 Å². The highest BCUT2D eigenvalue weighted by Crippen LogP contribution is 2.09. The first-order chi connectivity index (χ1) is 10.2. The molecule has 2 heterocycles. The molecule has 0 fully saturated rings. The molecule has 0 aliphatic carbocycles. The molecule has 0 bridgehead atoms. The molecule has 5 nitrogen and oxygen atoms in total. The van der Waals surface area contributed by atoms with E-state index in [1.54, 1.807) is 0 Å². The van der Waals surface area contributed by atoms with E-state index in [0.29, 0.717) is 18.5 Å². The Labute approximate surface area is 123 Å². The SMILES string of the molecule is O=C(O)CCCCCCNC(=O)c1cc2ccccn2c1. The Morgan fingerprint density at radius 3 is 2.71 bits per heavy atom. The summed E-state index contributed by atoms with van der Waals surface area (Å²) in [5.41, 5.74) is 1.66. The fourth-order valence-electron chi connectivity index (χ4n) is 2.24. The van der Waals surface area contributed by atoms with E-state index in [4.69, 9.17) is 5.11 Å². The number of hydrogen-bond acceptors (Lipinski definition) is 2. The lowest BCUT2D eigenvalue weighted by atomic mass is 10.1. The molecule has 0 spiro atoms. The first kappa shape index (κ1) is 15.1. The molecule has 0 unspecified atom stereocenters. The number of amides is 1. The van der Waals surface area contributed by atoms with Gasteiger partial charge in [0.25, 0.3) is 5.91 Å². The molecule has 112 valence electrons. The van der Waals surface area contributed by atoms with Gasteiger partial charge in [0.05, 0.1) is 5.56 Å². The number of fused-ring (bicyclic) bond motifs is 1. The second-order valence-corrected chi connectivity index (χ2v) is 5.08. The van der Waals surface area contributed by atoms with Gasteiger partial charge in [-0.15, -0.1) is 0 Å². The molecular formula is C16H20N2O3. The van der Waals surface area contributed by atoms with Gasteiger partial charge in [-0.1, -0.05) is 18.9 Å². The van der Waals surface area contributed by atoms with Crippen molar-refractivity contribution in [3.8, 4) is 0 Å². The van der Waals surface area contributed by atoms with Crippen LogP contribution in [0.15, 0.2) is 36.7 Å². The maximum absolute atomic E-state index is 12.0. The number of carbonyl (C=O) groups excluding carboxylic acids is 1. The Morgan fingerprint density at radius 1 is 1.14 bits per heavy atom. The molecule has 0 atom stereocenters. The van der Waals surface area contributed by atoms with E-state index in [0.717, 1.165) is 24.8 Å². The number of nitrogens with one attached hydrogen (secondary N) is 1. The topological polar surface area (TPSA) is 70.8 Å². The summed E-state index contributed by atoms with van der Waals surface area (Å²) in [5.74, 6) is -0.812. The lowest BCUT2D eigenvalue weighted by Gasteiger charge is -2.03. The minimum Gasteiger partial charge on any atom is -0.481 e. The van der Waals surface area contributed by atoms with Crippen molar-refractivity contribution in [2.45, 2.75) is 32.1 Å². The fourth-order valence-corrected chi connectivity index (χ4v) is 2.24. The molecular weight excluding hydrogens is 268 g/mol. The summed E-state index contributed by atoms with van der Waals surface area (Å²) in [6.07, 6.45) is 7.35. The van der Waals surface area contributed by atoms with Crippen LogP contribution < -0.4 is 5.32 Å². The lowest BCUT2D eigenvalue weighted by Crippen LogP contribution is -2.23. The largest absolute Gasteiger partial charge is 0.481 e. The third kappa shape index (κ3) is 4.63. The molecule has 2 aromatic heterocycles. The van der Waals surface area contributed by atoms with Crippen LogP contribution in [-0.2, 0) is 4.79 Å². The molecule has 0 aliphatic heterocycles. The molecule has 5 heteroatoms. The number of hydrogen-bond donors (Lipinski definition) is 2. The molecule has 0 aromatic carbocycles. The number of rotatable bonds is 8. The first-order valence-electron chi connectivity index (χ1n) is 7.23.